The van der Waals surface area contributed by atoms with Crippen LogP contribution >= 0.6 is 23.1 Å². The van der Waals surface area contributed by atoms with E-state index in [1.54, 1.807) is 15.9 Å². The fourth-order valence-corrected chi connectivity index (χ4v) is 3.85. The Labute approximate surface area is 131 Å². The molecule has 0 fully saturated rings. The molecule has 0 aliphatic rings. The highest BCUT2D eigenvalue weighted by molar-refractivity contribution is 7.98. The van der Waals surface area contributed by atoms with Crippen molar-refractivity contribution in [2.75, 3.05) is 6.26 Å². The highest BCUT2D eigenvalue weighted by Gasteiger charge is 2.13. The zero-order valence-electron chi connectivity index (χ0n) is 12.0. The minimum atomic E-state index is 0.0594. The molecule has 2 heterocycles. The van der Waals surface area contributed by atoms with Gasteiger partial charge in [-0.2, -0.15) is 0 Å². The Balaban J connectivity index is 2.16. The number of rotatable bonds is 4. The number of aryl methyl sites for hydroxylation is 1. The lowest BCUT2D eigenvalue weighted by atomic mass is 10.2. The summed E-state index contributed by atoms with van der Waals surface area (Å²) in [6, 6.07) is 12.0. The van der Waals surface area contributed by atoms with Gasteiger partial charge in [-0.1, -0.05) is 49.0 Å². The van der Waals surface area contributed by atoms with Gasteiger partial charge >= 0.3 is 0 Å². The number of aromatic nitrogens is 2. The van der Waals surface area contributed by atoms with Crippen LogP contribution in [0.5, 0.6) is 0 Å². The van der Waals surface area contributed by atoms with E-state index in [-0.39, 0.29) is 5.56 Å². The molecule has 2 aromatic heterocycles. The molecule has 0 saturated heterocycles. The first-order chi connectivity index (χ1) is 10.2. The van der Waals surface area contributed by atoms with E-state index in [0.717, 1.165) is 27.4 Å². The zero-order valence-corrected chi connectivity index (χ0v) is 13.6. The summed E-state index contributed by atoms with van der Waals surface area (Å²) in [5.74, 6) is 0. The molecule has 0 amide bonds. The molecule has 108 valence electrons. The largest absolute Gasteiger partial charge is 0.283 e. The summed E-state index contributed by atoms with van der Waals surface area (Å²) < 4.78 is 1.77. The molecule has 0 spiro atoms. The van der Waals surface area contributed by atoms with Crippen LogP contribution in [0.25, 0.3) is 10.2 Å². The predicted octanol–water partition coefficient (Wildman–Crippen LogP) is 3.79. The van der Waals surface area contributed by atoms with Gasteiger partial charge in [0, 0.05) is 4.88 Å². The van der Waals surface area contributed by atoms with E-state index < -0.39 is 0 Å². The molecule has 3 nitrogen and oxygen atoms in total. The van der Waals surface area contributed by atoms with Crippen LogP contribution in [0.3, 0.4) is 0 Å². The van der Waals surface area contributed by atoms with Gasteiger partial charge in [0.15, 0.2) is 5.16 Å². The van der Waals surface area contributed by atoms with Crippen molar-refractivity contribution in [1.29, 1.82) is 0 Å². The molecule has 1 aromatic carbocycles. The zero-order chi connectivity index (χ0) is 14.8. The van der Waals surface area contributed by atoms with Crippen molar-refractivity contribution in [1.82, 2.24) is 9.55 Å². The molecule has 0 radical (unpaired) electrons. The minimum absolute atomic E-state index is 0.0594. The lowest BCUT2D eigenvalue weighted by molar-refractivity contribution is 0.660. The number of thiophene rings is 1. The monoisotopic (exact) mass is 316 g/mol. The number of nitrogens with zero attached hydrogens (tertiary/aromatic N) is 2. The molecule has 3 rings (SSSR count). The van der Waals surface area contributed by atoms with Crippen LogP contribution in [-0.4, -0.2) is 15.8 Å². The van der Waals surface area contributed by atoms with Crippen LogP contribution in [-0.2, 0) is 13.0 Å². The van der Waals surface area contributed by atoms with Gasteiger partial charge in [-0.25, -0.2) is 4.98 Å². The van der Waals surface area contributed by atoms with Gasteiger partial charge in [-0.05, 0) is 24.3 Å². The van der Waals surface area contributed by atoms with Crippen molar-refractivity contribution in [2.24, 2.45) is 0 Å². The van der Waals surface area contributed by atoms with Gasteiger partial charge in [0.1, 0.15) is 4.83 Å². The average Bonchev–Trinajstić information content (AvgIpc) is 2.94. The van der Waals surface area contributed by atoms with Crippen LogP contribution < -0.4 is 5.56 Å². The Morgan fingerprint density at radius 1 is 1.29 bits per heavy atom. The normalized spacial score (nSPS) is 11.1. The van der Waals surface area contributed by atoms with E-state index in [1.165, 1.54) is 16.6 Å². The molecule has 21 heavy (non-hydrogen) atoms. The molecule has 0 saturated carbocycles. The molecule has 0 atom stereocenters. The predicted molar refractivity (Wildman–Crippen MR) is 90.6 cm³/mol. The molecule has 0 unspecified atom stereocenters. The van der Waals surface area contributed by atoms with E-state index in [9.17, 15) is 4.79 Å². The van der Waals surface area contributed by atoms with Crippen molar-refractivity contribution in [3.05, 3.63) is 57.2 Å². The average molecular weight is 316 g/mol. The Kier molecular flexibility index (Phi) is 4.12. The van der Waals surface area contributed by atoms with Gasteiger partial charge in [-0.15, -0.1) is 11.3 Å². The van der Waals surface area contributed by atoms with E-state index in [1.807, 2.05) is 42.7 Å². The van der Waals surface area contributed by atoms with Crippen LogP contribution in [0.1, 0.15) is 17.4 Å². The fourth-order valence-electron chi connectivity index (χ4n) is 2.28. The molecule has 0 N–H and O–H groups in total. The second-order valence-corrected chi connectivity index (χ2v) is 6.65. The first-order valence-corrected chi connectivity index (χ1v) is 8.88. The van der Waals surface area contributed by atoms with Gasteiger partial charge in [0.25, 0.3) is 5.56 Å². The lowest BCUT2D eigenvalue weighted by Gasteiger charge is -2.10. The van der Waals surface area contributed by atoms with Crippen molar-refractivity contribution < 1.29 is 0 Å². The van der Waals surface area contributed by atoms with E-state index in [0.29, 0.717) is 6.54 Å². The highest BCUT2D eigenvalue weighted by Crippen LogP contribution is 2.24. The Morgan fingerprint density at radius 3 is 2.71 bits per heavy atom. The second-order valence-electron chi connectivity index (χ2n) is 4.76. The Morgan fingerprint density at radius 2 is 2.05 bits per heavy atom. The molecule has 0 bridgehead atoms. The van der Waals surface area contributed by atoms with Crippen LogP contribution in [0.4, 0.5) is 0 Å². The maximum absolute atomic E-state index is 12.8. The van der Waals surface area contributed by atoms with Gasteiger partial charge in [-0.3, -0.25) is 9.36 Å². The highest BCUT2D eigenvalue weighted by atomic mass is 32.2. The van der Waals surface area contributed by atoms with Crippen molar-refractivity contribution in [3.63, 3.8) is 0 Å². The van der Waals surface area contributed by atoms with Crippen molar-refractivity contribution in [3.8, 4) is 0 Å². The molecule has 3 aromatic rings. The first kappa shape index (κ1) is 14.4. The lowest BCUT2D eigenvalue weighted by Crippen LogP contribution is -2.23. The quantitative estimate of drug-likeness (QED) is 0.542. The Bertz CT molecular complexity index is 821. The number of fused-ring (bicyclic) bond motifs is 1. The summed E-state index contributed by atoms with van der Waals surface area (Å²) >= 11 is 3.14. The number of thioether (sulfide) groups is 1. The van der Waals surface area contributed by atoms with Gasteiger partial charge < -0.3 is 0 Å². The van der Waals surface area contributed by atoms with E-state index in [2.05, 4.69) is 11.9 Å². The third-order valence-electron chi connectivity index (χ3n) is 3.38. The summed E-state index contributed by atoms with van der Waals surface area (Å²) in [7, 11) is 0. The third-order valence-corrected chi connectivity index (χ3v) is 5.23. The van der Waals surface area contributed by atoms with E-state index >= 15 is 0 Å². The maximum atomic E-state index is 12.8. The van der Waals surface area contributed by atoms with Gasteiger partial charge in [0.05, 0.1) is 11.9 Å². The molecular formula is C16H16N2OS2. The van der Waals surface area contributed by atoms with Crippen LogP contribution in [0.15, 0.2) is 46.3 Å². The fraction of sp³-hybridized carbons (Fsp3) is 0.250. The molecule has 5 heteroatoms. The summed E-state index contributed by atoms with van der Waals surface area (Å²) in [6.45, 7) is 2.67. The Hall–Kier alpha value is -1.59. The molecule has 0 aliphatic heterocycles. The summed E-state index contributed by atoms with van der Waals surface area (Å²) in [5, 5.41) is 1.52. The van der Waals surface area contributed by atoms with Gasteiger partial charge in [0.2, 0.25) is 0 Å². The topological polar surface area (TPSA) is 34.9 Å². The number of hydrogen-bond acceptors (Lipinski definition) is 4. The number of hydrogen-bond donors (Lipinski definition) is 0. The van der Waals surface area contributed by atoms with Crippen molar-refractivity contribution in [2.45, 2.75) is 25.0 Å². The summed E-state index contributed by atoms with van der Waals surface area (Å²) in [4.78, 5) is 19.5. The molecule has 0 aliphatic carbocycles. The summed E-state index contributed by atoms with van der Waals surface area (Å²) in [5.41, 5.74) is 1.17. The van der Waals surface area contributed by atoms with Crippen LogP contribution in [0, 0.1) is 0 Å². The third kappa shape index (κ3) is 2.76. The standard InChI is InChI=1S/C16H16N2OS2/c1-3-12-9-13-14(21-12)17-16(20-2)18(15(13)19)10-11-7-5-4-6-8-11/h4-9H,3,10H2,1-2H3. The smallest absolute Gasteiger partial charge is 0.263 e. The maximum Gasteiger partial charge on any atom is 0.263 e. The molecular weight excluding hydrogens is 300 g/mol. The first-order valence-electron chi connectivity index (χ1n) is 6.84. The van der Waals surface area contributed by atoms with Crippen LogP contribution in [0.2, 0.25) is 0 Å². The second kappa shape index (κ2) is 6.03. The number of benzene rings is 1. The SMILES string of the molecule is CCc1cc2c(=O)n(Cc3ccccc3)c(SC)nc2s1. The van der Waals surface area contributed by atoms with Crippen molar-refractivity contribution >= 4 is 33.3 Å². The van der Waals surface area contributed by atoms with E-state index in [4.69, 9.17) is 0 Å². The summed E-state index contributed by atoms with van der Waals surface area (Å²) in [6.07, 6.45) is 2.90. The minimum Gasteiger partial charge on any atom is -0.283 e.